The molecule has 0 aromatic heterocycles. The predicted molar refractivity (Wildman–Crippen MR) is 116 cm³/mol. The van der Waals surface area contributed by atoms with Gasteiger partial charge in [0, 0.05) is 41.5 Å². The molecular weight excluding hydrogens is 398 g/mol. The zero-order chi connectivity index (χ0) is 18.5. The summed E-state index contributed by atoms with van der Waals surface area (Å²) >= 11 is 1.95. The van der Waals surface area contributed by atoms with Crippen molar-refractivity contribution in [1.82, 2.24) is 4.90 Å². The van der Waals surface area contributed by atoms with Crippen LogP contribution in [0.3, 0.4) is 0 Å². The molecule has 0 spiro atoms. The second-order valence-corrected chi connectivity index (χ2v) is 11.3. The third kappa shape index (κ3) is 5.24. The number of ether oxygens (including phenoxy) is 2. The average Bonchev–Trinajstić information content (AvgIpc) is 3.31. The highest BCUT2D eigenvalue weighted by Gasteiger charge is 2.24. The number of hydrogen-bond donors (Lipinski definition) is 0. The summed E-state index contributed by atoms with van der Waals surface area (Å²) in [6.45, 7) is 2.05. The van der Waals surface area contributed by atoms with Crippen LogP contribution in [0.25, 0.3) is 0 Å². The molecule has 3 heterocycles. The lowest BCUT2D eigenvalue weighted by molar-refractivity contribution is -0.131. The second-order valence-electron chi connectivity index (χ2n) is 7.22. The molecule has 27 heavy (non-hydrogen) atoms. The van der Waals surface area contributed by atoms with Gasteiger partial charge in [-0.25, -0.2) is 0 Å². The number of amides is 1. The van der Waals surface area contributed by atoms with Crippen LogP contribution < -0.4 is 9.47 Å². The minimum Gasteiger partial charge on any atom is -0.454 e. The SMILES string of the molecule is O=C(CCCCC1CCSS1)N1CCSC(c2ccc3c(c2)OCO3)CC1. The van der Waals surface area contributed by atoms with Crippen LogP contribution in [0.15, 0.2) is 18.2 Å². The van der Waals surface area contributed by atoms with Gasteiger partial charge in [0.1, 0.15) is 0 Å². The molecule has 2 unspecified atom stereocenters. The lowest BCUT2D eigenvalue weighted by Crippen LogP contribution is -2.32. The summed E-state index contributed by atoms with van der Waals surface area (Å²) in [6, 6.07) is 6.26. The molecule has 0 saturated carbocycles. The van der Waals surface area contributed by atoms with Gasteiger partial charge in [-0.1, -0.05) is 34.1 Å². The molecule has 0 aliphatic carbocycles. The fourth-order valence-corrected chi connectivity index (χ4v) is 8.02. The molecule has 7 heteroatoms. The zero-order valence-electron chi connectivity index (χ0n) is 15.6. The van der Waals surface area contributed by atoms with Gasteiger partial charge in [-0.2, -0.15) is 11.8 Å². The minimum atomic E-state index is 0.317. The number of fused-ring (bicyclic) bond motifs is 1. The summed E-state index contributed by atoms with van der Waals surface area (Å²) in [5, 5.41) is 1.25. The van der Waals surface area contributed by atoms with Crippen LogP contribution in [0.5, 0.6) is 11.5 Å². The molecule has 0 N–H and O–H groups in total. The lowest BCUT2D eigenvalue weighted by Gasteiger charge is -2.20. The summed E-state index contributed by atoms with van der Waals surface area (Å²) in [6.07, 6.45) is 6.55. The first-order valence-corrected chi connectivity index (χ1v) is 13.3. The van der Waals surface area contributed by atoms with Gasteiger partial charge in [0.05, 0.1) is 0 Å². The van der Waals surface area contributed by atoms with E-state index in [0.717, 1.165) is 48.4 Å². The molecule has 1 amide bonds. The smallest absolute Gasteiger partial charge is 0.231 e. The average molecular weight is 426 g/mol. The zero-order valence-corrected chi connectivity index (χ0v) is 18.0. The van der Waals surface area contributed by atoms with Crippen molar-refractivity contribution in [2.24, 2.45) is 0 Å². The number of carbonyl (C=O) groups is 1. The quantitative estimate of drug-likeness (QED) is 0.464. The molecular formula is C20H27NO3S3. The number of thioether (sulfide) groups is 1. The predicted octanol–water partition coefficient (Wildman–Crippen LogP) is 5.14. The van der Waals surface area contributed by atoms with Gasteiger partial charge >= 0.3 is 0 Å². The number of hydrogen-bond acceptors (Lipinski definition) is 6. The summed E-state index contributed by atoms with van der Waals surface area (Å²) in [7, 11) is 4.04. The first-order chi connectivity index (χ1) is 13.3. The van der Waals surface area contributed by atoms with Gasteiger partial charge in [0.2, 0.25) is 12.7 Å². The highest BCUT2D eigenvalue weighted by molar-refractivity contribution is 8.77. The Morgan fingerprint density at radius 3 is 2.93 bits per heavy atom. The molecule has 2 fully saturated rings. The van der Waals surface area contributed by atoms with E-state index in [4.69, 9.17) is 9.47 Å². The summed E-state index contributed by atoms with van der Waals surface area (Å²) in [5.41, 5.74) is 1.28. The number of benzene rings is 1. The fourth-order valence-electron chi connectivity index (χ4n) is 3.77. The van der Waals surface area contributed by atoms with Gasteiger partial charge in [0.25, 0.3) is 0 Å². The molecule has 0 radical (unpaired) electrons. The summed E-state index contributed by atoms with van der Waals surface area (Å²) in [4.78, 5) is 14.7. The third-order valence-corrected chi connectivity index (χ3v) is 9.69. The Kier molecular flexibility index (Phi) is 7.06. The monoisotopic (exact) mass is 425 g/mol. The molecule has 3 aliphatic rings. The molecule has 148 valence electrons. The van der Waals surface area contributed by atoms with Crippen molar-refractivity contribution in [3.8, 4) is 11.5 Å². The number of unbranched alkanes of at least 4 members (excludes halogenated alkanes) is 1. The highest BCUT2D eigenvalue weighted by Crippen LogP contribution is 2.41. The van der Waals surface area contributed by atoms with E-state index < -0.39 is 0 Å². The normalized spacial score (nSPS) is 24.8. The van der Waals surface area contributed by atoms with E-state index in [0.29, 0.717) is 24.4 Å². The Hall–Kier alpha value is -0.660. The molecule has 1 aromatic rings. The van der Waals surface area contributed by atoms with Crippen LogP contribution in [0, 0.1) is 0 Å². The molecule has 0 bridgehead atoms. The molecule has 4 rings (SSSR count). The van der Waals surface area contributed by atoms with Crippen molar-refractivity contribution >= 4 is 39.3 Å². The fraction of sp³-hybridized carbons (Fsp3) is 0.650. The van der Waals surface area contributed by atoms with E-state index in [9.17, 15) is 4.79 Å². The Morgan fingerprint density at radius 2 is 2.04 bits per heavy atom. The van der Waals surface area contributed by atoms with Crippen LogP contribution >= 0.6 is 33.3 Å². The van der Waals surface area contributed by atoms with Crippen molar-refractivity contribution in [3.63, 3.8) is 0 Å². The Bertz CT molecular complexity index is 651. The van der Waals surface area contributed by atoms with Crippen LogP contribution in [-0.2, 0) is 4.79 Å². The van der Waals surface area contributed by atoms with E-state index in [-0.39, 0.29) is 0 Å². The first kappa shape index (κ1) is 19.6. The van der Waals surface area contributed by atoms with Crippen molar-refractivity contribution in [2.45, 2.75) is 49.0 Å². The van der Waals surface area contributed by atoms with E-state index >= 15 is 0 Å². The number of nitrogens with zero attached hydrogens (tertiary/aromatic N) is 1. The first-order valence-electron chi connectivity index (χ1n) is 9.87. The largest absolute Gasteiger partial charge is 0.454 e. The molecule has 2 atom stereocenters. The summed E-state index contributed by atoms with van der Waals surface area (Å²) in [5.74, 6) is 4.33. The van der Waals surface area contributed by atoms with E-state index in [1.54, 1.807) is 0 Å². The van der Waals surface area contributed by atoms with E-state index in [1.807, 2.05) is 39.4 Å². The van der Waals surface area contributed by atoms with Crippen LogP contribution in [0.2, 0.25) is 0 Å². The Balaban J connectivity index is 1.22. The standard InChI is InChI=1S/C20H27NO3S3/c22-20(4-2-1-3-16-8-11-26-27-16)21-9-7-19(25-12-10-21)15-5-6-17-18(13-15)24-14-23-17/h5-6,13,16,19H,1-4,7-12,14H2. The maximum atomic E-state index is 12.6. The lowest BCUT2D eigenvalue weighted by atomic mass is 10.1. The maximum absolute atomic E-state index is 12.6. The van der Waals surface area contributed by atoms with Gasteiger partial charge in [-0.15, -0.1) is 0 Å². The van der Waals surface area contributed by atoms with E-state index in [2.05, 4.69) is 17.0 Å². The molecule has 2 saturated heterocycles. The van der Waals surface area contributed by atoms with Crippen molar-refractivity contribution in [3.05, 3.63) is 23.8 Å². The number of carbonyl (C=O) groups excluding carboxylic acids is 1. The van der Waals surface area contributed by atoms with Gasteiger partial charge < -0.3 is 14.4 Å². The van der Waals surface area contributed by atoms with Crippen molar-refractivity contribution in [2.75, 3.05) is 31.4 Å². The molecule has 1 aromatic carbocycles. The maximum Gasteiger partial charge on any atom is 0.231 e. The Morgan fingerprint density at radius 1 is 1.11 bits per heavy atom. The van der Waals surface area contributed by atoms with Crippen LogP contribution in [0.4, 0.5) is 0 Å². The van der Waals surface area contributed by atoms with Gasteiger partial charge in [-0.3, -0.25) is 4.79 Å². The number of rotatable bonds is 6. The third-order valence-electron chi connectivity index (χ3n) is 5.36. The van der Waals surface area contributed by atoms with Crippen LogP contribution in [-0.4, -0.2) is 47.4 Å². The summed E-state index contributed by atoms with van der Waals surface area (Å²) < 4.78 is 10.9. The second kappa shape index (κ2) is 9.70. The van der Waals surface area contributed by atoms with E-state index in [1.165, 1.54) is 30.6 Å². The van der Waals surface area contributed by atoms with Crippen molar-refractivity contribution in [1.29, 1.82) is 0 Å². The topological polar surface area (TPSA) is 38.8 Å². The highest BCUT2D eigenvalue weighted by atomic mass is 33.1. The van der Waals surface area contributed by atoms with Gasteiger partial charge in [0.15, 0.2) is 11.5 Å². The molecule has 3 aliphatic heterocycles. The van der Waals surface area contributed by atoms with Crippen molar-refractivity contribution < 1.29 is 14.3 Å². The van der Waals surface area contributed by atoms with Gasteiger partial charge in [-0.05, 0) is 43.4 Å². The molecule has 4 nitrogen and oxygen atoms in total. The minimum absolute atomic E-state index is 0.317. The Labute approximate surface area is 173 Å². The van der Waals surface area contributed by atoms with Crippen LogP contribution in [0.1, 0.15) is 49.3 Å².